The van der Waals surface area contributed by atoms with Crippen molar-refractivity contribution in [2.75, 3.05) is 26.3 Å². The lowest BCUT2D eigenvalue weighted by Crippen LogP contribution is -2.39. The second-order valence-electron chi connectivity index (χ2n) is 7.97. The summed E-state index contributed by atoms with van der Waals surface area (Å²) in [5.74, 6) is 2.83. The SMILES string of the molecule is O=C(c1cccc(Cl)c1)N1CCC(Cc2c3c(cc4c2OCC4)OCC3)CC1. The topological polar surface area (TPSA) is 38.8 Å². The third-order valence-corrected chi connectivity index (χ3v) is 6.46. The van der Waals surface area contributed by atoms with Gasteiger partial charge in [0.1, 0.15) is 11.5 Å². The molecule has 4 nitrogen and oxygen atoms in total. The summed E-state index contributed by atoms with van der Waals surface area (Å²) in [6.07, 6.45) is 5.02. The fraction of sp³-hybridized carbons (Fsp3) is 0.435. The maximum atomic E-state index is 12.8. The van der Waals surface area contributed by atoms with Gasteiger partial charge in [0.15, 0.2) is 0 Å². The average molecular weight is 398 g/mol. The van der Waals surface area contributed by atoms with Crippen LogP contribution in [0.3, 0.4) is 0 Å². The van der Waals surface area contributed by atoms with E-state index in [1.807, 2.05) is 17.0 Å². The molecule has 5 heteroatoms. The lowest BCUT2D eigenvalue weighted by atomic mass is 9.86. The highest BCUT2D eigenvalue weighted by Crippen LogP contribution is 2.42. The molecule has 5 rings (SSSR count). The number of fused-ring (bicyclic) bond motifs is 2. The van der Waals surface area contributed by atoms with Crippen molar-refractivity contribution in [3.63, 3.8) is 0 Å². The number of rotatable bonds is 3. The minimum absolute atomic E-state index is 0.0826. The Bertz CT molecular complexity index is 886. The highest BCUT2D eigenvalue weighted by Gasteiger charge is 2.30. The van der Waals surface area contributed by atoms with Crippen LogP contribution in [0, 0.1) is 5.92 Å². The van der Waals surface area contributed by atoms with Crippen molar-refractivity contribution < 1.29 is 14.3 Å². The Labute approximate surface area is 170 Å². The molecule has 3 aliphatic heterocycles. The Hall–Kier alpha value is -2.20. The standard InChI is InChI=1S/C23H24ClNO3/c24-18-3-1-2-17(13-18)23(26)25-8-4-15(5-9-25)12-20-19-7-11-27-21(19)14-16-6-10-28-22(16)20/h1-3,13-15H,4-12H2. The zero-order chi connectivity index (χ0) is 19.1. The van der Waals surface area contributed by atoms with Crippen LogP contribution in [-0.4, -0.2) is 37.1 Å². The van der Waals surface area contributed by atoms with Crippen LogP contribution >= 0.6 is 11.6 Å². The average Bonchev–Trinajstić information content (AvgIpc) is 3.37. The Balaban J connectivity index is 1.28. The largest absolute Gasteiger partial charge is 0.493 e. The van der Waals surface area contributed by atoms with E-state index < -0.39 is 0 Å². The van der Waals surface area contributed by atoms with Crippen LogP contribution in [0.4, 0.5) is 0 Å². The first kappa shape index (κ1) is 17.9. The van der Waals surface area contributed by atoms with Crippen LogP contribution in [0.15, 0.2) is 30.3 Å². The van der Waals surface area contributed by atoms with Crippen LogP contribution in [0.1, 0.15) is 39.9 Å². The van der Waals surface area contributed by atoms with Crippen LogP contribution in [0.25, 0.3) is 0 Å². The number of nitrogens with zero attached hydrogens (tertiary/aromatic N) is 1. The minimum Gasteiger partial charge on any atom is -0.493 e. The van der Waals surface area contributed by atoms with Gasteiger partial charge in [0.25, 0.3) is 5.91 Å². The van der Waals surface area contributed by atoms with Crippen LogP contribution < -0.4 is 9.47 Å². The first-order valence-corrected chi connectivity index (χ1v) is 10.5. The number of ether oxygens (including phenoxy) is 2. The van der Waals surface area contributed by atoms with E-state index in [9.17, 15) is 4.79 Å². The maximum Gasteiger partial charge on any atom is 0.253 e. The Morgan fingerprint density at radius 2 is 1.93 bits per heavy atom. The van der Waals surface area contributed by atoms with Gasteiger partial charge in [0.2, 0.25) is 0 Å². The smallest absolute Gasteiger partial charge is 0.253 e. The number of piperidine rings is 1. The van der Waals surface area contributed by atoms with Crippen molar-refractivity contribution in [1.29, 1.82) is 0 Å². The third-order valence-electron chi connectivity index (χ3n) is 6.23. The monoisotopic (exact) mass is 397 g/mol. The summed E-state index contributed by atoms with van der Waals surface area (Å²) in [6.45, 7) is 3.14. The van der Waals surface area contributed by atoms with Gasteiger partial charge in [-0.3, -0.25) is 4.79 Å². The lowest BCUT2D eigenvalue weighted by Gasteiger charge is -2.32. The van der Waals surface area contributed by atoms with E-state index in [-0.39, 0.29) is 5.91 Å². The Morgan fingerprint density at radius 1 is 1.11 bits per heavy atom. The van der Waals surface area contributed by atoms with Crippen molar-refractivity contribution in [1.82, 2.24) is 4.90 Å². The molecule has 2 aromatic carbocycles. The van der Waals surface area contributed by atoms with E-state index in [4.69, 9.17) is 21.1 Å². The summed E-state index contributed by atoms with van der Waals surface area (Å²) in [6, 6.07) is 9.41. The van der Waals surface area contributed by atoms with Crippen LogP contribution in [0.5, 0.6) is 11.5 Å². The molecule has 1 amide bonds. The molecule has 1 saturated heterocycles. The molecular formula is C23H24ClNO3. The molecule has 0 aliphatic carbocycles. The molecule has 28 heavy (non-hydrogen) atoms. The summed E-state index contributed by atoms with van der Waals surface area (Å²) in [5.41, 5.74) is 4.68. The quantitative estimate of drug-likeness (QED) is 0.774. The number of hydrogen-bond acceptors (Lipinski definition) is 3. The number of halogens is 1. The molecule has 146 valence electrons. The number of likely N-dealkylation sites (tertiary alicyclic amines) is 1. The van der Waals surface area contributed by atoms with E-state index in [0.29, 0.717) is 16.5 Å². The van der Waals surface area contributed by atoms with Gasteiger partial charge in [-0.15, -0.1) is 0 Å². The summed E-state index contributed by atoms with van der Waals surface area (Å²) in [5, 5.41) is 0.606. The van der Waals surface area contributed by atoms with Gasteiger partial charge >= 0.3 is 0 Å². The summed E-state index contributed by atoms with van der Waals surface area (Å²) < 4.78 is 11.8. The number of benzene rings is 2. The second-order valence-corrected chi connectivity index (χ2v) is 8.40. The maximum absolute atomic E-state index is 12.8. The van der Waals surface area contributed by atoms with Gasteiger partial charge in [-0.1, -0.05) is 17.7 Å². The van der Waals surface area contributed by atoms with Crippen molar-refractivity contribution >= 4 is 17.5 Å². The molecule has 0 N–H and O–H groups in total. The first-order chi connectivity index (χ1) is 13.7. The normalized spacial score (nSPS) is 18.4. The first-order valence-electron chi connectivity index (χ1n) is 10.2. The number of hydrogen-bond donors (Lipinski definition) is 0. The fourth-order valence-corrected chi connectivity index (χ4v) is 4.92. The van der Waals surface area contributed by atoms with Gasteiger partial charge in [0, 0.05) is 53.2 Å². The molecule has 0 atom stereocenters. The van der Waals surface area contributed by atoms with E-state index >= 15 is 0 Å². The van der Waals surface area contributed by atoms with Crippen LogP contribution in [0.2, 0.25) is 5.02 Å². The van der Waals surface area contributed by atoms with Crippen molar-refractivity contribution in [3.05, 3.63) is 57.6 Å². The molecule has 0 unspecified atom stereocenters. The summed E-state index contributed by atoms with van der Waals surface area (Å²) in [4.78, 5) is 14.7. The van der Waals surface area contributed by atoms with Crippen molar-refractivity contribution in [3.8, 4) is 11.5 Å². The highest BCUT2D eigenvalue weighted by molar-refractivity contribution is 6.30. The summed E-state index contributed by atoms with van der Waals surface area (Å²) in [7, 11) is 0. The zero-order valence-corrected chi connectivity index (χ0v) is 16.6. The third kappa shape index (κ3) is 3.24. The number of carbonyl (C=O) groups excluding carboxylic acids is 1. The zero-order valence-electron chi connectivity index (χ0n) is 15.9. The second kappa shape index (κ2) is 7.32. The molecule has 0 bridgehead atoms. The molecule has 0 radical (unpaired) electrons. The molecule has 2 aromatic rings. The predicted molar refractivity (Wildman–Crippen MR) is 109 cm³/mol. The highest BCUT2D eigenvalue weighted by atomic mass is 35.5. The molecule has 3 aliphatic rings. The van der Waals surface area contributed by atoms with Gasteiger partial charge < -0.3 is 14.4 Å². The van der Waals surface area contributed by atoms with Gasteiger partial charge in [-0.2, -0.15) is 0 Å². The Kier molecular flexibility index (Phi) is 4.67. The minimum atomic E-state index is 0.0826. The molecular weight excluding hydrogens is 374 g/mol. The van der Waals surface area contributed by atoms with E-state index in [2.05, 4.69) is 6.07 Å². The van der Waals surface area contributed by atoms with E-state index in [0.717, 1.165) is 69.9 Å². The van der Waals surface area contributed by atoms with Crippen LogP contribution in [-0.2, 0) is 19.3 Å². The fourth-order valence-electron chi connectivity index (χ4n) is 4.73. The van der Waals surface area contributed by atoms with E-state index in [1.165, 1.54) is 16.7 Å². The van der Waals surface area contributed by atoms with E-state index in [1.54, 1.807) is 12.1 Å². The molecule has 1 fully saturated rings. The molecule has 0 spiro atoms. The predicted octanol–water partition coefficient (Wildman–Crippen LogP) is 4.30. The summed E-state index contributed by atoms with van der Waals surface area (Å²) >= 11 is 6.04. The molecule has 3 heterocycles. The van der Waals surface area contributed by atoms with Gasteiger partial charge in [0.05, 0.1) is 13.2 Å². The van der Waals surface area contributed by atoms with Crippen molar-refractivity contribution in [2.45, 2.75) is 32.1 Å². The van der Waals surface area contributed by atoms with Gasteiger partial charge in [-0.05, 0) is 49.4 Å². The molecule has 0 saturated carbocycles. The molecule has 0 aromatic heterocycles. The lowest BCUT2D eigenvalue weighted by molar-refractivity contribution is 0.0690. The Morgan fingerprint density at radius 3 is 2.75 bits per heavy atom. The number of amides is 1. The van der Waals surface area contributed by atoms with Gasteiger partial charge in [-0.25, -0.2) is 0 Å². The van der Waals surface area contributed by atoms with Crippen molar-refractivity contribution in [2.24, 2.45) is 5.92 Å². The number of carbonyl (C=O) groups is 1.